The average molecular weight is 218 g/mol. The van der Waals surface area contributed by atoms with Crippen LogP contribution >= 0.6 is 12.6 Å². The molecule has 2 rings (SSSR count). The second-order valence-corrected chi connectivity index (χ2v) is 3.78. The average Bonchev–Trinajstić information content (AvgIpc) is 2.16. The zero-order valence-electron chi connectivity index (χ0n) is 8.23. The number of fused-ring (bicyclic) bond motifs is 1. The summed E-state index contributed by atoms with van der Waals surface area (Å²) in [7, 11) is 0. The Labute approximate surface area is 93.3 Å². The third-order valence-corrected chi connectivity index (χ3v) is 2.32. The first kappa shape index (κ1) is 10.1. The van der Waals surface area contributed by atoms with Gasteiger partial charge in [0.15, 0.2) is 0 Å². The van der Waals surface area contributed by atoms with Crippen LogP contribution in [-0.4, -0.2) is 5.97 Å². The SMILES string of the molecule is CC(=O)Oc1cc(S)cc2ccccc12. The van der Waals surface area contributed by atoms with E-state index in [0.717, 1.165) is 15.7 Å². The predicted octanol–water partition coefficient (Wildman–Crippen LogP) is 3.05. The van der Waals surface area contributed by atoms with Crippen LogP contribution in [0.4, 0.5) is 0 Å². The summed E-state index contributed by atoms with van der Waals surface area (Å²) in [4.78, 5) is 11.7. The van der Waals surface area contributed by atoms with Crippen molar-refractivity contribution in [3.8, 4) is 5.75 Å². The molecule has 0 saturated heterocycles. The van der Waals surface area contributed by atoms with Crippen molar-refractivity contribution in [3.63, 3.8) is 0 Å². The number of hydrogen-bond acceptors (Lipinski definition) is 3. The number of rotatable bonds is 1. The van der Waals surface area contributed by atoms with E-state index in [-0.39, 0.29) is 5.97 Å². The lowest BCUT2D eigenvalue weighted by molar-refractivity contribution is -0.131. The number of hydrogen-bond donors (Lipinski definition) is 1. The zero-order valence-corrected chi connectivity index (χ0v) is 9.12. The van der Waals surface area contributed by atoms with Gasteiger partial charge in [-0.25, -0.2) is 0 Å². The van der Waals surface area contributed by atoms with Gasteiger partial charge in [0.2, 0.25) is 0 Å². The van der Waals surface area contributed by atoms with Crippen LogP contribution in [0.3, 0.4) is 0 Å². The summed E-state index contributed by atoms with van der Waals surface area (Å²) in [6.45, 7) is 1.39. The second-order valence-electron chi connectivity index (χ2n) is 3.26. The lowest BCUT2D eigenvalue weighted by Gasteiger charge is -2.06. The van der Waals surface area contributed by atoms with E-state index in [0.29, 0.717) is 5.75 Å². The fraction of sp³-hybridized carbons (Fsp3) is 0.0833. The molecule has 2 nitrogen and oxygen atoms in total. The third-order valence-electron chi connectivity index (χ3n) is 2.06. The fourth-order valence-electron chi connectivity index (χ4n) is 1.50. The summed E-state index contributed by atoms with van der Waals surface area (Å²) in [6, 6.07) is 11.4. The van der Waals surface area contributed by atoms with E-state index in [1.807, 2.05) is 30.3 Å². The lowest BCUT2D eigenvalue weighted by Crippen LogP contribution is -2.01. The molecule has 0 bridgehead atoms. The summed E-state index contributed by atoms with van der Waals surface area (Å²) >= 11 is 4.26. The van der Waals surface area contributed by atoms with Crippen molar-refractivity contribution in [1.29, 1.82) is 0 Å². The molecule has 0 atom stereocenters. The van der Waals surface area contributed by atoms with Gasteiger partial charge in [0, 0.05) is 17.2 Å². The molecule has 0 aliphatic carbocycles. The maximum Gasteiger partial charge on any atom is 0.308 e. The van der Waals surface area contributed by atoms with Gasteiger partial charge in [-0.2, -0.15) is 0 Å². The van der Waals surface area contributed by atoms with E-state index in [1.54, 1.807) is 6.07 Å². The Hall–Kier alpha value is -1.48. The van der Waals surface area contributed by atoms with Crippen LogP contribution in [0.1, 0.15) is 6.92 Å². The number of thiol groups is 1. The molecule has 0 N–H and O–H groups in total. The minimum atomic E-state index is -0.320. The van der Waals surface area contributed by atoms with Gasteiger partial charge in [0.05, 0.1) is 0 Å². The summed E-state index contributed by atoms with van der Waals surface area (Å²) in [5, 5.41) is 1.94. The highest BCUT2D eigenvalue weighted by molar-refractivity contribution is 7.80. The quantitative estimate of drug-likeness (QED) is 0.452. The van der Waals surface area contributed by atoms with E-state index in [9.17, 15) is 4.79 Å². The number of ether oxygens (including phenoxy) is 1. The zero-order chi connectivity index (χ0) is 10.8. The Morgan fingerprint density at radius 1 is 1.27 bits per heavy atom. The van der Waals surface area contributed by atoms with Crippen molar-refractivity contribution < 1.29 is 9.53 Å². The highest BCUT2D eigenvalue weighted by atomic mass is 32.1. The smallest absolute Gasteiger partial charge is 0.308 e. The Morgan fingerprint density at radius 3 is 2.73 bits per heavy atom. The van der Waals surface area contributed by atoms with Crippen LogP contribution in [0.25, 0.3) is 10.8 Å². The maximum absolute atomic E-state index is 10.9. The van der Waals surface area contributed by atoms with Gasteiger partial charge < -0.3 is 4.74 Å². The monoisotopic (exact) mass is 218 g/mol. The van der Waals surface area contributed by atoms with E-state index < -0.39 is 0 Å². The molecular formula is C12H10O2S. The summed E-state index contributed by atoms with van der Waals surface area (Å²) in [6.07, 6.45) is 0. The Morgan fingerprint density at radius 2 is 2.00 bits per heavy atom. The van der Waals surface area contributed by atoms with Crippen LogP contribution in [0.2, 0.25) is 0 Å². The van der Waals surface area contributed by atoms with Gasteiger partial charge in [0.1, 0.15) is 5.75 Å². The molecule has 0 saturated carbocycles. The molecule has 0 spiro atoms. The topological polar surface area (TPSA) is 26.3 Å². The molecule has 0 amide bonds. The third kappa shape index (κ3) is 2.13. The van der Waals surface area contributed by atoms with Crippen molar-refractivity contribution in [2.75, 3.05) is 0 Å². The van der Waals surface area contributed by atoms with Gasteiger partial charge in [0.25, 0.3) is 0 Å². The largest absolute Gasteiger partial charge is 0.426 e. The molecule has 0 heterocycles. The molecule has 0 aromatic heterocycles. The molecule has 0 aliphatic rings. The molecule has 2 aromatic rings. The molecule has 2 aromatic carbocycles. The van der Waals surface area contributed by atoms with Crippen LogP contribution in [0.5, 0.6) is 5.75 Å². The van der Waals surface area contributed by atoms with Crippen LogP contribution in [-0.2, 0) is 4.79 Å². The van der Waals surface area contributed by atoms with E-state index in [4.69, 9.17) is 4.74 Å². The maximum atomic E-state index is 10.9. The van der Waals surface area contributed by atoms with Crippen LogP contribution < -0.4 is 4.74 Å². The first-order chi connectivity index (χ1) is 7.16. The Bertz CT molecular complexity index is 520. The number of benzene rings is 2. The molecule has 0 radical (unpaired) electrons. The van der Waals surface area contributed by atoms with Crippen molar-refractivity contribution in [2.24, 2.45) is 0 Å². The first-order valence-corrected chi connectivity index (χ1v) is 5.02. The second kappa shape index (κ2) is 3.95. The number of carbonyl (C=O) groups is 1. The normalized spacial score (nSPS) is 10.3. The molecule has 3 heteroatoms. The van der Waals surface area contributed by atoms with E-state index in [1.165, 1.54) is 6.92 Å². The highest BCUT2D eigenvalue weighted by Gasteiger charge is 2.05. The summed E-state index contributed by atoms with van der Waals surface area (Å²) < 4.78 is 5.12. The standard InChI is InChI=1S/C12H10O2S/c1-8(13)14-12-7-10(15)6-9-4-2-3-5-11(9)12/h2-7,15H,1H3. The van der Waals surface area contributed by atoms with Crippen molar-refractivity contribution in [3.05, 3.63) is 36.4 Å². The minimum Gasteiger partial charge on any atom is -0.426 e. The number of carbonyl (C=O) groups excluding carboxylic acids is 1. The van der Waals surface area contributed by atoms with Gasteiger partial charge in [-0.05, 0) is 17.5 Å². The van der Waals surface area contributed by atoms with Crippen molar-refractivity contribution in [1.82, 2.24) is 0 Å². The van der Waals surface area contributed by atoms with E-state index in [2.05, 4.69) is 12.6 Å². The minimum absolute atomic E-state index is 0.320. The lowest BCUT2D eigenvalue weighted by atomic mass is 10.1. The number of esters is 1. The molecule has 0 aliphatic heterocycles. The summed E-state index contributed by atoms with van der Waals surface area (Å²) in [5.41, 5.74) is 0. The highest BCUT2D eigenvalue weighted by Crippen LogP contribution is 2.29. The molecule has 0 unspecified atom stereocenters. The first-order valence-electron chi connectivity index (χ1n) is 4.57. The van der Waals surface area contributed by atoms with Gasteiger partial charge in [-0.3, -0.25) is 4.79 Å². The Balaban J connectivity index is 2.65. The van der Waals surface area contributed by atoms with Crippen LogP contribution in [0.15, 0.2) is 41.3 Å². The fourth-order valence-corrected chi connectivity index (χ4v) is 1.76. The molecule has 15 heavy (non-hydrogen) atoms. The van der Waals surface area contributed by atoms with Crippen LogP contribution in [0, 0.1) is 0 Å². The molecule has 76 valence electrons. The summed E-state index contributed by atoms with van der Waals surface area (Å²) in [5.74, 6) is 0.240. The Kier molecular flexibility index (Phi) is 2.64. The van der Waals surface area contributed by atoms with Gasteiger partial charge >= 0.3 is 5.97 Å². The van der Waals surface area contributed by atoms with E-state index >= 15 is 0 Å². The molecule has 0 fully saturated rings. The van der Waals surface area contributed by atoms with Crippen molar-refractivity contribution >= 4 is 29.4 Å². The van der Waals surface area contributed by atoms with Gasteiger partial charge in [-0.15, -0.1) is 12.6 Å². The predicted molar refractivity (Wildman–Crippen MR) is 62.5 cm³/mol. The van der Waals surface area contributed by atoms with Gasteiger partial charge in [-0.1, -0.05) is 24.3 Å². The molecular weight excluding hydrogens is 208 g/mol. The van der Waals surface area contributed by atoms with Crippen molar-refractivity contribution in [2.45, 2.75) is 11.8 Å².